The molecule has 7 rings (SSSR count). The quantitative estimate of drug-likeness (QED) is 0.0134. The van der Waals surface area contributed by atoms with Crippen LogP contribution in [0.1, 0.15) is 225 Å². The summed E-state index contributed by atoms with van der Waals surface area (Å²) in [4.78, 5) is 192. The van der Waals surface area contributed by atoms with E-state index >= 15 is 0 Å². The molecule has 1 aliphatic heterocycles. The van der Waals surface area contributed by atoms with E-state index in [2.05, 4.69) is 106 Å². The average molecular weight is 1680 g/mol. The Labute approximate surface area is 709 Å². The van der Waals surface area contributed by atoms with Gasteiger partial charge in [0.15, 0.2) is 17.3 Å². The van der Waals surface area contributed by atoms with Crippen molar-refractivity contribution >= 4 is 94.1 Å². The number of carboxylic acid groups (broad SMARTS) is 2. The van der Waals surface area contributed by atoms with Gasteiger partial charge in [-0.05, 0) is 164 Å². The molecule has 5 aromatic carbocycles. The van der Waals surface area contributed by atoms with Gasteiger partial charge >= 0.3 is 24.2 Å². The largest absolute Gasteiger partial charge is 1.00 e. The van der Waals surface area contributed by atoms with Crippen LogP contribution in [0.15, 0.2) is 157 Å². The first-order chi connectivity index (χ1) is 57.4. The van der Waals surface area contributed by atoms with E-state index in [1.54, 1.807) is 31.2 Å². The number of fused-ring (bicyclic) bond motifs is 2. The minimum absolute atomic E-state index is 0. The Kier molecular flexibility index (Phi) is 50.5. The molecule has 0 aromatic heterocycles. The van der Waals surface area contributed by atoms with Gasteiger partial charge in [-0.1, -0.05) is 129 Å². The maximum Gasteiger partial charge on any atom is 0.373 e. The molecule has 0 radical (unpaired) electrons. The van der Waals surface area contributed by atoms with Gasteiger partial charge in [0.1, 0.15) is 17.3 Å². The number of quaternary nitrogens is 1. The number of benzene rings is 5. The molecule has 2 unspecified atom stereocenters. The van der Waals surface area contributed by atoms with Gasteiger partial charge < -0.3 is 69.5 Å². The number of nitrogens with zero attached hydrogens (tertiary/aromatic N) is 1. The van der Waals surface area contributed by atoms with Crippen molar-refractivity contribution in [1.29, 1.82) is 0 Å². The maximum atomic E-state index is 14.4. The zero-order valence-electron chi connectivity index (χ0n) is 69.9. The van der Waals surface area contributed by atoms with Gasteiger partial charge in [0.05, 0.1) is 31.1 Å². The lowest BCUT2D eigenvalue weighted by molar-refractivity contribution is -0.648. The zero-order valence-corrected chi connectivity index (χ0v) is 70.7. The number of hydrogen-bond donors (Lipinski definition) is 9. The number of rotatable bonds is 52. The molecule has 0 fully saturated rings. The van der Waals surface area contributed by atoms with Crippen molar-refractivity contribution in [3.05, 3.63) is 196 Å². The van der Waals surface area contributed by atoms with Crippen molar-refractivity contribution in [2.75, 3.05) is 50.7 Å². The highest BCUT2D eigenvalue weighted by atomic mass is 35.5. The monoisotopic (exact) mass is 1670 g/mol. The summed E-state index contributed by atoms with van der Waals surface area (Å²) in [5.74, 6) is -5.97. The third-order valence-corrected chi connectivity index (χ3v) is 20.1. The van der Waals surface area contributed by atoms with Crippen LogP contribution >= 0.6 is 0 Å². The normalized spacial score (nSPS) is 12.6. The molecule has 0 saturated heterocycles. The molecule has 1 heterocycles. The van der Waals surface area contributed by atoms with Crippen molar-refractivity contribution in [2.24, 2.45) is 17.8 Å². The first kappa shape index (κ1) is 103. The zero-order chi connectivity index (χ0) is 87.3. The summed E-state index contributed by atoms with van der Waals surface area (Å²) < 4.78 is 6.50. The maximum absolute atomic E-state index is 14.4. The predicted octanol–water partition coefficient (Wildman–Crippen LogP) is 7.48. The van der Waals surface area contributed by atoms with E-state index in [1.165, 1.54) is 13.1 Å². The summed E-state index contributed by atoms with van der Waals surface area (Å²) in [6.45, 7) is 17.4. The number of aliphatic carboxylic acids is 2. The minimum Gasteiger partial charge on any atom is -1.00 e. The van der Waals surface area contributed by atoms with Crippen LogP contribution in [-0.2, 0) is 86.5 Å². The number of halogens is 1. The first-order valence-corrected chi connectivity index (χ1v) is 41.4. The topological polar surface area (TPSA) is 415 Å². The van der Waals surface area contributed by atoms with Gasteiger partial charge in [-0.25, -0.2) is 0 Å². The fraction of sp³-hybridized carbons (Fsp3) is 0.457. The van der Waals surface area contributed by atoms with Crippen LogP contribution in [0.25, 0.3) is 5.57 Å². The summed E-state index contributed by atoms with van der Waals surface area (Å²) in [6, 6.07) is 37.3. The van der Waals surface area contributed by atoms with Crippen LogP contribution in [-0.4, -0.2) is 151 Å². The second-order valence-corrected chi connectivity index (χ2v) is 29.1. The van der Waals surface area contributed by atoms with Crippen LogP contribution in [0.3, 0.4) is 0 Å². The Morgan fingerprint density at radius 2 is 1.10 bits per heavy atom. The number of nitrogens with one attached hydrogen (secondary N) is 6. The number of carboxylic acids is 2. The van der Waals surface area contributed by atoms with Crippen molar-refractivity contribution in [3.63, 3.8) is 0 Å². The Morgan fingerprint density at radius 1 is 0.525 bits per heavy atom. The number of carbonyl (C=O) groups is 12. The fourth-order valence-electron chi connectivity index (χ4n) is 13.6. The number of amides is 6. The predicted molar refractivity (Wildman–Crippen MR) is 448 cm³/mol. The number of nitrogens with two attached hydrogens (primary N) is 1. The standard InChI is InChI=1S/C86H107N7O15.C4H11N.2CO2.ClH/c1-5-49-88-83(103)58(4)52-74(96)71(34-22-23-50-89-85(105)68-32-16-15-31-67(68)82-69-33-17-19-36-76(69)108-77-56-65(45-46-70(77)82)93(6-2)7-3)91-79(99)38-21-18-35-73(95)62-41-39-61(40-42-62)57-90-84(104)64(53-59-25-10-8-11-26-59)55-75(97)72(54-60-27-12-9-13-28-60)92-80(100)37-20-14-29-66(94)30-24-51-87-78(98)47-43-63(86(106)107)44-48-81(101)102;1-3-5-4-2;2*2-1-3;/h8-13,15-17,25-28,31-33,36,39-42,45-46,56,58,63-64,71-72H,5-7,14,18-24,29-30,34-35,37-38,43-44,47-55,57H2,1-4H3,(H,87,98)(H,88,103)(H,89,105)(H,90,104)(H,91,99)(H,92,100)(H,101,102)(H,106,107);5H,3-4H2,1-2H3;;;1H/t58-,63+,64-,71?,72?;;;;/m1..../s1. The molecule has 5 aromatic rings. The highest BCUT2D eigenvalue weighted by Gasteiger charge is 2.32. The van der Waals surface area contributed by atoms with E-state index in [9.17, 15) is 62.6 Å². The molecule has 5 atom stereocenters. The van der Waals surface area contributed by atoms with Gasteiger partial charge in [0.25, 0.3) is 5.91 Å². The molecule has 27 nitrogen and oxygen atoms in total. The van der Waals surface area contributed by atoms with Gasteiger partial charge in [-0.15, -0.1) is 0 Å². The fourth-order valence-corrected chi connectivity index (χ4v) is 13.6. The van der Waals surface area contributed by atoms with Crippen LogP contribution in [0.4, 0.5) is 5.69 Å². The molecular formula is C92H119ClN8O19. The molecule has 648 valence electrons. The van der Waals surface area contributed by atoms with Gasteiger partial charge in [-0.2, -0.15) is 19.2 Å². The van der Waals surface area contributed by atoms with Gasteiger partial charge in [-0.3, -0.25) is 57.5 Å². The summed E-state index contributed by atoms with van der Waals surface area (Å²) in [6.07, 6.45) is 11.7. The molecule has 28 heteroatoms. The van der Waals surface area contributed by atoms with Gasteiger partial charge in [0, 0.05) is 148 Å². The molecular weight excluding hydrogens is 1560 g/mol. The Morgan fingerprint density at radius 3 is 1.71 bits per heavy atom. The number of ether oxygens (including phenoxy) is 1. The number of ketones is 4. The SMILES string of the molecule is CCCNC(=O)[C@H](C)CC(=O)C(CCCCNC(=O)c1ccccc1C1=C2C=CCC=C2Oc2cc(N(CC)CC)ccc21)NC(=O)CCCCC(=O)c1ccc(CNC(=O)[C@@H](CC(=O)C(Cc2ccccc2)NC(=O)CCCCC(=O)CCCNC(=O)CC[C@@H](CCC(=O)O)C(=O)O)Cc2ccccc2)cc1.CC[NH2+]CC.O=C=O.O=C=O.[Cl-]. The summed E-state index contributed by atoms with van der Waals surface area (Å²) in [5, 5.41) is 37.9. The number of hydrogen-bond acceptors (Lipinski definition) is 18. The van der Waals surface area contributed by atoms with Crippen molar-refractivity contribution < 1.29 is 109 Å². The molecule has 120 heavy (non-hydrogen) atoms. The third-order valence-electron chi connectivity index (χ3n) is 20.1. The van der Waals surface area contributed by atoms with Crippen molar-refractivity contribution in [1.82, 2.24) is 31.9 Å². The Hall–Kier alpha value is -11.6. The average Bonchev–Trinajstić information content (AvgIpc) is 0.749. The lowest BCUT2D eigenvalue weighted by Crippen LogP contribution is -3.00. The van der Waals surface area contributed by atoms with Crippen LogP contribution in [0, 0.1) is 17.8 Å². The molecule has 1 aliphatic carbocycles. The molecule has 0 bridgehead atoms. The van der Waals surface area contributed by atoms with E-state index in [1.807, 2.05) is 91.9 Å². The van der Waals surface area contributed by atoms with E-state index in [4.69, 9.17) is 29.0 Å². The molecule has 2 aliphatic rings. The number of anilines is 1. The summed E-state index contributed by atoms with van der Waals surface area (Å²) in [5.41, 5.74) is 7.82. The Bertz CT molecular complexity index is 4270. The smallest absolute Gasteiger partial charge is 0.373 e. The lowest BCUT2D eigenvalue weighted by Gasteiger charge is -2.29. The van der Waals surface area contributed by atoms with Gasteiger partial charge in [0.2, 0.25) is 29.5 Å². The van der Waals surface area contributed by atoms with E-state index in [0.717, 1.165) is 76.5 Å². The molecule has 10 N–H and O–H groups in total. The first-order valence-electron chi connectivity index (χ1n) is 41.4. The minimum atomic E-state index is -1.16. The summed E-state index contributed by atoms with van der Waals surface area (Å²) in [7, 11) is 0. The van der Waals surface area contributed by atoms with Crippen molar-refractivity contribution in [3.8, 4) is 5.75 Å². The van der Waals surface area contributed by atoms with E-state index in [0.29, 0.717) is 74.7 Å². The van der Waals surface area contributed by atoms with Crippen LogP contribution in [0.2, 0.25) is 0 Å². The van der Waals surface area contributed by atoms with E-state index in [-0.39, 0.29) is 186 Å². The third kappa shape index (κ3) is 38.4. The second-order valence-electron chi connectivity index (χ2n) is 29.1. The number of allylic oxidation sites excluding steroid dienone is 3. The molecule has 0 saturated carbocycles. The summed E-state index contributed by atoms with van der Waals surface area (Å²) >= 11 is 0. The van der Waals surface area contributed by atoms with Crippen LogP contribution in [0.5, 0.6) is 5.75 Å². The van der Waals surface area contributed by atoms with Crippen LogP contribution < -0.4 is 59.3 Å². The number of Topliss-reactive ketones (excluding diaryl/α,β-unsaturated/α-hetero) is 4. The van der Waals surface area contributed by atoms with E-state index < -0.39 is 41.8 Å². The number of unbranched alkanes of at least 4 members (excludes halogenated alkanes) is 3. The highest BCUT2D eigenvalue weighted by Crippen LogP contribution is 2.45. The molecule has 6 amide bonds. The lowest BCUT2D eigenvalue weighted by atomic mass is 9.85. The Balaban J connectivity index is 0.00000292. The highest BCUT2D eigenvalue weighted by molar-refractivity contribution is 6.04. The number of carbonyl (C=O) groups excluding carboxylic acids is 14. The molecule has 0 spiro atoms. The van der Waals surface area contributed by atoms with Crippen molar-refractivity contribution in [2.45, 2.75) is 208 Å². The second kappa shape index (κ2) is 59.1.